The first-order chi connectivity index (χ1) is 17.4. The summed E-state index contributed by atoms with van der Waals surface area (Å²) in [5.74, 6) is -1.37. The summed E-state index contributed by atoms with van der Waals surface area (Å²) in [5, 5.41) is 8.83. The van der Waals surface area contributed by atoms with E-state index in [2.05, 4.69) is 15.8 Å². The van der Waals surface area contributed by atoms with Crippen molar-refractivity contribution in [3.8, 4) is 5.75 Å². The minimum absolute atomic E-state index is 0.221. The fourth-order valence-electron chi connectivity index (χ4n) is 3.38. The van der Waals surface area contributed by atoms with Crippen LogP contribution < -0.4 is 15.5 Å². The van der Waals surface area contributed by atoms with Crippen LogP contribution in [0.4, 0.5) is 0 Å². The van der Waals surface area contributed by atoms with Crippen LogP contribution in [-0.2, 0) is 4.79 Å². The highest BCUT2D eigenvalue weighted by Gasteiger charge is 2.16. The van der Waals surface area contributed by atoms with E-state index in [1.165, 1.54) is 12.3 Å². The molecule has 0 heterocycles. The van der Waals surface area contributed by atoms with Crippen molar-refractivity contribution in [3.05, 3.63) is 112 Å². The second kappa shape index (κ2) is 11.5. The third-order valence-electron chi connectivity index (χ3n) is 5.11. The van der Waals surface area contributed by atoms with Crippen LogP contribution in [0.25, 0.3) is 10.8 Å². The van der Waals surface area contributed by atoms with E-state index < -0.39 is 17.8 Å². The molecule has 9 heteroatoms. The van der Waals surface area contributed by atoms with Crippen LogP contribution in [0.1, 0.15) is 26.3 Å². The molecular weight excluding hydrogens is 501 g/mol. The number of hydrogen-bond donors (Lipinski definition) is 2. The summed E-state index contributed by atoms with van der Waals surface area (Å²) >= 11 is 12.0. The third kappa shape index (κ3) is 6.07. The van der Waals surface area contributed by atoms with Crippen molar-refractivity contribution in [3.63, 3.8) is 0 Å². The smallest absolute Gasteiger partial charge is 0.345 e. The van der Waals surface area contributed by atoms with E-state index in [-0.39, 0.29) is 22.9 Å². The molecule has 4 rings (SSSR count). The Morgan fingerprint density at radius 2 is 1.67 bits per heavy atom. The number of benzene rings is 4. The molecule has 4 aromatic rings. The Balaban J connectivity index is 1.48. The van der Waals surface area contributed by atoms with Gasteiger partial charge in [0.1, 0.15) is 5.75 Å². The van der Waals surface area contributed by atoms with Gasteiger partial charge < -0.3 is 10.1 Å². The lowest BCUT2D eigenvalue weighted by molar-refractivity contribution is -0.120. The maximum atomic E-state index is 12.7. The van der Waals surface area contributed by atoms with Crippen molar-refractivity contribution in [1.82, 2.24) is 10.7 Å². The average Bonchev–Trinajstić information content (AvgIpc) is 2.88. The average molecular weight is 520 g/mol. The second-order valence-electron chi connectivity index (χ2n) is 7.55. The number of amides is 2. The van der Waals surface area contributed by atoms with Gasteiger partial charge in [-0.15, -0.1) is 0 Å². The highest BCUT2D eigenvalue weighted by Crippen LogP contribution is 2.28. The van der Waals surface area contributed by atoms with E-state index in [4.69, 9.17) is 27.9 Å². The topological polar surface area (TPSA) is 96.9 Å². The molecule has 0 unspecified atom stereocenters. The molecule has 0 aliphatic carbocycles. The number of fused-ring (bicyclic) bond motifs is 1. The van der Waals surface area contributed by atoms with Gasteiger partial charge in [-0.25, -0.2) is 10.2 Å². The van der Waals surface area contributed by atoms with Gasteiger partial charge >= 0.3 is 5.97 Å². The molecule has 0 atom stereocenters. The molecule has 0 fully saturated rings. The molecule has 0 aliphatic rings. The van der Waals surface area contributed by atoms with E-state index in [1.807, 2.05) is 30.3 Å². The summed E-state index contributed by atoms with van der Waals surface area (Å²) in [4.78, 5) is 37.1. The predicted molar refractivity (Wildman–Crippen MR) is 140 cm³/mol. The van der Waals surface area contributed by atoms with Gasteiger partial charge in [-0.2, -0.15) is 5.10 Å². The van der Waals surface area contributed by atoms with Gasteiger partial charge in [0, 0.05) is 16.1 Å². The number of halogens is 2. The fourth-order valence-corrected chi connectivity index (χ4v) is 3.78. The van der Waals surface area contributed by atoms with Gasteiger partial charge in [0.25, 0.3) is 11.8 Å². The summed E-state index contributed by atoms with van der Waals surface area (Å²) in [6.45, 7) is -0.299. The highest BCUT2D eigenvalue weighted by molar-refractivity contribution is 6.33. The van der Waals surface area contributed by atoms with Crippen molar-refractivity contribution >= 4 is 58.0 Å². The summed E-state index contributed by atoms with van der Waals surface area (Å²) in [7, 11) is 0. The van der Waals surface area contributed by atoms with Gasteiger partial charge in [-0.1, -0.05) is 71.7 Å². The second-order valence-corrected chi connectivity index (χ2v) is 8.40. The highest BCUT2D eigenvalue weighted by atomic mass is 35.5. The van der Waals surface area contributed by atoms with Gasteiger partial charge in [0.2, 0.25) is 0 Å². The van der Waals surface area contributed by atoms with Crippen LogP contribution in [0.2, 0.25) is 10.0 Å². The fraction of sp³-hybridized carbons (Fsp3) is 0.0370. The molecule has 0 bridgehead atoms. The minimum atomic E-state index is -0.627. The first-order valence-corrected chi connectivity index (χ1v) is 11.5. The normalized spacial score (nSPS) is 10.8. The Kier molecular flexibility index (Phi) is 7.95. The van der Waals surface area contributed by atoms with Gasteiger partial charge in [-0.3, -0.25) is 9.59 Å². The van der Waals surface area contributed by atoms with Crippen molar-refractivity contribution < 1.29 is 19.1 Å². The SMILES string of the molecule is O=C(CNC(=O)c1cccc(Cl)c1)NN=Cc1c(OC(=O)c2ccccc2Cl)ccc2ccccc12. The van der Waals surface area contributed by atoms with Gasteiger partial charge in [0.05, 0.1) is 23.3 Å². The number of nitrogens with one attached hydrogen (secondary N) is 2. The number of carbonyl (C=O) groups is 3. The third-order valence-corrected chi connectivity index (χ3v) is 5.67. The Bertz CT molecular complexity index is 1490. The molecule has 4 aromatic carbocycles. The van der Waals surface area contributed by atoms with Crippen molar-refractivity contribution in [2.24, 2.45) is 5.10 Å². The molecule has 0 spiro atoms. The number of hydrogen-bond acceptors (Lipinski definition) is 5. The molecule has 2 amide bonds. The Morgan fingerprint density at radius 1 is 0.889 bits per heavy atom. The quantitative estimate of drug-likeness (QED) is 0.151. The zero-order valence-corrected chi connectivity index (χ0v) is 20.2. The van der Waals surface area contributed by atoms with E-state index in [0.717, 1.165) is 10.8 Å². The molecule has 0 aliphatic heterocycles. The van der Waals surface area contributed by atoms with Crippen LogP contribution in [0.15, 0.2) is 90.0 Å². The molecule has 36 heavy (non-hydrogen) atoms. The number of rotatable bonds is 7. The lowest BCUT2D eigenvalue weighted by Crippen LogP contribution is -2.34. The van der Waals surface area contributed by atoms with E-state index in [9.17, 15) is 14.4 Å². The Morgan fingerprint density at radius 3 is 2.47 bits per heavy atom. The lowest BCUT2D eigenvalue weighted by Gasteiger charge is -2.11. The van der Waals surface area contributed by atoms with Crippen LogP contribution in [0.5, 0.6) is 5.75 Å². The van der Waals surface area contributed by atoms with Crippen molar-refractivity contribution in [1.29, 1.82) is 0 Å². The molecule has 2 N–H and O–H groups in total. The predicted octanol–water partition coefficient (Wildman–Crippen LogP) is 5.25. The number of carbonyl (C=O) groups excluding carboxylic acids is 3. The van der Waals surface area contributed by atoms with E-state index >= 15 is 0 Å². The largest absolute Gasteiger partial charge is 0.422 e. The van der Waals surface area contributed by atoms with E-state index in [0.29, 0.717) is 16.1 Å². The Hall–Kier alpha value is -4.20. The first kappa shape index (κ1) is 24.9. The lowest BCUT2D eigenvalue weighted by atomic mass is 10.0. The number of hydrazone groups is 1. The Labute approximate surface area is 216 Å². The molecular formula is C27H19Cl2N3O4. The zero-order valence-electron chi connectivity index (χ0n) is 18.7. The molecule has 7 nitrogen and oxygen atoms in total. The zero-order chi connectivity index (χ0) is 25.5. The summed E-state index contributed by atoms with van der Waals surface area (Å²) in [6, 6.07) is 23.9. The number of ether oxygens (including phenoxy) is 1. The van der Waals surface area contributed by atoms with E-state index in [1.54, 1.807) is 48.5 Å². The van der Waals surface area contributed by atoms with Crippen LogP contribution in [0.3, 0.4) is 0 Å². The maximum absolute atomic E-state index is 12.7. The maximum Gasteiger partial charge on any atom is 0.345 e. The molecule has 180 valence electrons. The summed E-state index contributed by atoms with van der Waals surface area (Å²) in [5.41, 5.74) is 3.40. The number of esters is 1. The molecule has 0 aromatic heterocycles. The molecule has 0 saturated carbocycles. The molecule has 0 radical (unpaired) electrons. The van der Waals surface area contributed by atoms with Gasteiger partial charge in [-0.05, 0) is 47.2 Å². The van der Waals surface area contributed by atoms with Crippen molar-refractivity contribution in [2.75, 3.05) is 6.54 Å². The summed E-state index contributed by atoms with van der Waals surface area (Å²) in [6.07, 6.45) is 1.38. The standard InChI is InChI=1S/C27H19Cl2N3O4/c28-19-8-5-7-18(14-19)26(34)30-16-25(33)32-31-15-22-20-9-2-1-6-17(20)12-13-24(22)36-27(35)21-10-3-4-11-23(21)29/h1-15H,16H2,(H,30,34)(H,32,33). The number of nitrogens with zero attached hydrogens (tertiary/aromatic N) is 1. The first-order valence-electron chi connectivity index (χ1n) is 10.8. The van der Waals surface area contributed by atoms with Crippen LogP contribution >= 0.6 is 23.2 Å². The molecule has 0 saturated heterocycles. The van der Waals surface area contributed by atoms with Crippen molar-refractivity contribution in [2.45, 2.75) is 0 Å². The van der Waals surface area contributed by atoms with Crippen LogP contribution in [-0.4, -0.2) is 30.5 Å². The van der Waals surface area contributed by atoms with Gasteiger partial charge in [0.15, 0.2) is 0 Å². The van der Waals surface area contributed by atoms with Crippen LogP contribution in [0, 0.1) is 0 Å². The summed E-state index contributed by atoms with van der Waals surface area (Å²) < 4.78 is 5.62. The minimum Gasteiger partial charge on any atom is -0.422 e. The monoisotopic (exact) mass is 519 g/mol.